The molecule has 0 bridgehead atoms. The molecule has 4 spiro atoms. The molecule has 0 aromatic heterocycles. The van der Waals surface area contributed by atoms with Gasteiger partial charge in [0.15, 0.2) is 17.3 Å². The van der Waals surface area contributed by atoms with Crippen molar-refractivity contribution < 1.29 is 81.3 Å². The summed E-state index contributed by atoms with van der Waals surface area (Å²) in [6, 6.07) is 25.0. The number of benzene rings is 4. The van der Waals surface area contributed by atoms with E-state index in [1.165, 1.54) is 92.9 Å². The first-order chi connectivity index (χ1) is 49.1. The highest BCUT2D eigenvalue weighted by Gasteiger charge is 2.55. The molecule has 8 aliphatic heterocycles. The Morgan fingerprint density at radius 2 is 0.718 bits per heavy atom. The summed E-state index contributed by atoms with van der Waals surface area (Å²) in [5, 5.41) is 0. The van der Waals surface area contributed by atoms with Gasteiger partial charge in [-0.3, -0.25) is 24.1 Å². The zero-order valence-corrected chi connectivity index (χ0v) is 64.0. The number of ketones is 3. The van der Waals surface area contributed by atoms with Crippen LogP contribution in [0.3, 0.4) is 0 Å². The minimum Gasteiger partial charge on any atom is -0.497 e. The number of likely N-dealkylation sites (tertiary alicyclic amines) is 4. The number of ether oxygens (including phenoxy) is 6. The number of unbranched alkanes of at least 4 members (excludes halogenated alkanes) is 1. The third-order valence-electron chi connectivity index (χ3n) is 21.4. The molecule has 0 atom stereocenters. The summed E-state index contributed by atoms with van der Waals surface area (Å²) in [6.45, 7) is 23.6. The van der Waals surface area contributed by atoms with Crippen molar-refractivity contribution in [1.82, 2.24) is 36.8 Å². The average molecular weight is 1510 g/mol. The number of sulfonamides is 4. The van der Waals surface area contributed by atoms with Gasteiger partial charge < -0.3 is 43.1 Å². The summed E-state index contributed by atoms with van der Waals surface area (Å²) in [5.74, 6) is 0.952. The van der Waals surface area contributed by atoms with Crippen LogP contribution in [0.15, 0.2) is 117 Å². The number of hydrogen-bond acceptors (Lipinski definition) is 22. The van der Waals surface area contributed by atoms with Gasteiger partial charge in [0, 0.05) is 153 Å². The van der Waals surface area contributed by atoms with Crippen molar-refractivity contribution in [3.63, 3.8) is 0 Å². The monoisotopic (exact) mass is 1510 g/mol. The number of Topliss-reactive ketones (excluding diaryl/α,β-unsaturated/α-hetero) is 3. The highest BCUT2D eigenvalue weighted by atomic mass is 32.2. The second-order valence-corrected chi connectivity index (χ2v) is 35.3. The topological polar surface area (TPSA) is 286 Å². The summed E-state index contributed by atoms with van der Waals surface area (Å²) in [7, 11) is -13.0. The van der Waals surface area contributed by atoms with Crippen molar-refractivity contribution in [1.29, 1.82) is 0 Å². The number of rotatable bonds is 21. The van der Waals surface area contributed by atoms with E-state index in [2.05, 4.69) is 28.5 Å². The highest BCUT2D eigenvalue weighted by Crippen LogP contribution is 2.43. The van der Waals surface area contributed by atoms with Gasteiger partial charge in [0.25, 0.3) is 0 Å². The fraction of sp³-hybridized carbons (Fsp3) is 0.616. The molecule has 0 N–H and O–H groups in total. The largest absolute Gasteiger partial charge is 0.497 e. The second-order valence-electron chi connectivity index (χ2n) is 27.9. The van der Waals surface area contributed by atoms with Crippen LogP contribution in [0.2, 0.25) is 0 Å². The minimum atomic E-state index is -3.75. The third kappa shape index (κ3) is 18.4. The Bertz CT molecular complexity index is 4020. The Labute approximate surface area is 609 Å². The van der Waals surface area contributed by atoms with Gasteiger partial charge in [0.05, 0.1) is 66.3 Å². The molecule has 1 aliphatic carbocycles. The summed E-state index contributed by atoms with van der Waals surface area (Å²) in [6.07, 6.45) is 10.2. The lowest BCUT2D eigenvalue weighted by Crippen LogP contribution is -2.55. The minimum absolute atomic E-state index is 0.0713. The molecule has 103 heavy (non-hydrogen) atoms. The third-order valence-corrected chi connectivity index (χ3v) is 29.2. The number of esters is 1. The van der Waals surface area contributed by atoms with E-state index in [1.54, 1.807) is 75.5 Å². The number of piperidine rings is 4. The first kappa shape index (κ1) is 80.0. The van der Waals surface area contributed by atoms with Crippen molar-refractivity contribution in [2.75, 3.05) is 145 Å². The normalized spacial score (nSPS) is 22.0. The SMILES string of the molecule is CC(=O)c1ccc(S(=O)(=O)N2CCOC23CCN(CC2CC2)CC3)cc1.CCCCN1CCC2(CC1)OCCN2S(=O)(=O)c1ccc(C(C)=O)cc1.CCN1CCC2(CC1)OCCN2S(=O)(=O)c1ccc(OC)cc1.CCOC(=O)CN1CCC2(CC1)OCCN2S(=O)(=O)c1ccc(C(C)=O)cc1. The van der Waals surface area contributed by atoms with Crippen molar-refractivity contribution in [2.24, 2.45) is 5.92 Å². The standard InChI is InChI=1S/C19H26N2O6S.C19H26N2O4S.C19H28N2O4S.C16H24N2O4S/c1-3-26-18(23)14-20-10-8-19(9-11-20)21(12-13-27-19)28(24,25)17-6-4-16(5-7-17)15(2)22;1-15(22)17-4-6-18(7-5-17)26(23,24)21-12-13-25-19(21)8-10-20(11-9-19)14-16-2-3-16;1-3-4-11-20-12-9-19(10-13-20)21(14-15-25-19)26(23,24)18-7-5-17(6-8-18)16(2)22;1-3-17-10-8-16(9-11-17)18(12-13-22-16)23(19,20)15-6-4-14(21-2)5-7-15/h4-7H,3,8-14H2,1-2H3;4-7,16H,2-3,8-14H2,1H3;5-8H,3-4,9-15H2,1-2H3;4-7H,3,8-13H2,1-2H3. The highest BCUT2D eigenvalue weighted by molar-refractivity contribution is 7.90. The molecule has 568 valence electrons. The first-order valence-corrected chi connectivity index (χ1v) is 42.1. The summed E-state index contributed by atoms with van der Waals surface area (Å²) >= 11 is 0. The summed E-state index contributed by atoms with van der Waals surface area (Å²) in [5.41, 5.74) is -1.49. The van der Waals surface area contributed by atoms with E-state index in [1.807, 2.05) is 4.90 Å². The van der Waals surface area contributed by atoms with E-state index in [-0.39, 0.29) is 51.1 Å². The number of hydrogen-bond donors (Lipinski definition) is 0. The first-order valence-electron chi connectivity index (χ1n) is 36.3. The lowest BCUT2D eigenvalue weighted by atomic mass is 10.0. The molecule has 0 unspecified atom stereocenters. The fourth-order valence-corrected chi connectivity index (χ4v) is 22.0. The second kappa shape index (κ2) is 34.2. The molecule has 26 nitrogen and oxygen atoms in total. The Hall–Kier alpha value is -5.52. The molecule has 4 aromatic carbocycles. The van der Waals surface area contributed by atoms with Crippen LogP contribution >= 0.6 is 0 Å². The van der Waals surface area contributed by atoms with E-state index in [4.69, 9.17) is 28.4 Å². The van der Waals surface area contributed by atoms with Crippen LogP contribution in [0.4, 0.5) is 0 Å². The Morgan fingerprint density at radius 1 is 0.417 bits per heavy atom. The van der Waals surface area contributed by atoms with Crippen LogP contribution in [-0.2, 0) is 68.6 Å². The molecule has 13 rings (SSSR count). The van der Waals surface area contributed by atoms with E-state index in [9.17, 15) is 52.8 Å². The fourth-order valence-electron chi connectivity index (χ4n) is 15.1. The zero-order chi connectivity index (χ0) is 74.0. The van der Waals surface area contributed by atoms with Crippen molar-refractivity contribution in [3.05, 3.63) is 114 Å². The molecule has 1 saturated carbocycles. The quantitative estimate of drug-likeness (QED) is 0.0579. The lowest BCUT2D eigenvalue weighted by molar-refractivity contribution is -0.147. The Morgan fingerprint density at radius 3 is 1.00 bits per heavy atom. The maximum atomic E-state index is 13.2. The van der Waals surface area contributed by atoms with Crippen molar-refractivity contribution in [2.45, 2.75) is 161 Å². The molecular weight excluding hydrogens is 1410 g/mol. The predicted octanol–water partition coefficient (Wildman–Crippen LogP) is 7.41. The molecule has 9 aliphatic rings. The Balaban J connectivity index is 0.000000148. The van der Waals surface area contributed by atoms with Gasteiger partial charge in [-0.15, -0.1) is 0 Å². The van der Waals surface area contributed by atoms with Gasteiger partial charge in [-0.05, 0) is 127 Å². The number of carbonyl (C=O) groups is 4. The molecule has 8 heterocycles. The number of carbonyl (C=O) groups excluding carboxylic acids is 4. The van der Waals surface area contributed by atoms with Gasteiger partial charge in [0.1, 0.15) is 28.6 Å². The summed E-state index contributed by atoms with van der Waals surface area (Å²) < 4.78 is 145. The van der Waals surface area contributed by atoms with Crippen LogP contribution < -0.4 is 4.74 Å². The van der Waals surface area contributed by atoms with Crippen LogP contribution in [0, 0.1) is 5.92 Å². The van der Waals surface area contributed by atoms with Gasteiger partial charge in [-0.25, -0.2) is 33.7 Å². The molecule has 30 heteroatoms. The van der Waals surface area contributed by atoms with Gasteiger partial charge >= 0.3 is 5.97 Å². The molecular formula is C73H104N8O18S4. The lowest BCUT2D eigenvalue weighted by Gasteiger charge is -2.43. The molecule has 4 aromatic rings. The number of methoxy groups -OCH3 is 1. The summed E-state index contributed by atoms with van der Waals surface area (Å²) in [4.78, 5) is 56.0. The van der Waals surface area contributed by atoms with Crippen LogP contribution in [0.25, 0.3) is 0 Å². The predicted molar refractivity (Wildman–Crippen MR) is 385 cm³/mol. The van der Waals surface area contributed by atoms with E-state index in [0.717, 1.165) is 84.1 Å². The zero-order valence-electron chi connectivity index (χ0n) is 60.7. The molecule has 9 fully saturated rings. The van der Waals surface area contributed by atoms with Crippen LogP contribution in [0.5, 0.6) is 5.75 Å². The van der Waals surface area contributed by atoms with Crippen molar-refractivity contribution in [3.8, 4) is 5.75 Å². The van der Waals surface area contributed by atoms with Crippen LogP contribution in [-0.4, -0.2) is 262 Å². The molecule has 0 radical (unpaired) electrons. The maximum absolute atomic E-state index is 13.2. The van der Waals surface area contributed by atoms with Gasteiger partial charge in [-0.1, -0.05) is 56.7 Å². The van der Waals surface area contributed by atoms with E-state index >= 15 is 0 Å². The maximum Gasteiger partial charge on any atom is 0.320 e. The van der Waals surface area contributed by atoms with Crippen LogP contribution in [0.1, 0.15) is 150 Å². The van der Waals surface area contributed by atoms with Crippen molar-refractivity contribution >= 4 is 63.4 Å². The van der Waals surface area contributed by atoms with Gasteiger partial charge in [-0.2, -0.15) is 17.2 Å². The Kier molecular flexibility index (Phi) is 26.5. The smallest absolute Gasteiger partial charge is 0.320 e. The molecule has 0 amide bonds. The number of nitrogens with zero attached hydrogens (tertiary/aromatic N) is 8. The van der Waals surface area contributed by atoms with E-state index < -0.39 is 63.0 Å². The average Bonchev–Trinajstić information content (AvgIpc) is 1.73. The van der Waals surface area contributed by atoms with E-state index in [0.29, 0.717) is 132 Å². The molecule has 8 saturated heterocycles. The van der Waals surface area contributed by atoms with Gasteiger partial charge in [0.2, 0.25) is 40.1 Å².